The third kappa shape index (κ3) is 1.64. The number of carbonyl (C=O) groups excluding carboxylic acids is 1. The number of carbonyl (C=O) groups is 1. The number of hydrogen-bond donors (Lipinski definition) is 1. The molecule has 0 saturated carbocycles. The molecule has 2 rings (SSSR count). The summed E-state index contributed by atoms with van der Waals surface area (Å²) in [5.41, 5.74) is 7.14. The zero-order chi connectivity index (χ0) is 11.0. The number of ether oxygens (including phenoxy) is 1. The van der Waals surface area contributed by atoms with Gasteiger partial charge in [-0.2, -0.15) is 0 Å². The second kappa shape index (κ2) is 3.67. The first-order valence-corrected chi connectivity index (χ1v) is 5.24. The summed E-state index contributed by atoms with van der Waals surface area (Å²) < 4.78 is 5.89. The topological polar surface area (TPSA) is 65.2 Å². The third-order valence-electron chi connectivity index (χ3n) is 1.96. The zero-order valence-corrected chi connectivity index (χ0v) is 9.35. The first-order chi connectivity index (χ1) is 7.13. The lowest BCUT2D eigenvalue weighted by Crippen LogP contribution is -2.06. The summed E-state index contributed by atoms with van der Waals surface area (Å²) >= 11 is 7.12. The number of esters is 1. The number of nitrogens with two attached hydrogens (primary N) is 1. The Morgan fingerprint density at radius 3 is 3.07 bits per heavy atom. The van der Waals surface area contributed by atoms with Crippen molar-refractivity contribution < 1.29 is 9.53 Å². The van der Waals surface area contributed by atoms with E-state index in [-0.39, 0.29) is 5.56 Å². The van der Waals surface area contributed by atoms with E-state index in [1.54, 1.807) is 6.07 Å². The van der Waals surface area contributed by atoms with Gasteiger partial charge in [0.25, 0.3) is 0 Å². The van der Waals surface area contributed by atoms with Gasteiger partial charge >= 0.3 is 5.97 Å². The van der Waals surface area contributed by atoms with E-state index in [1.165, 1.54) is 24.6 Å². The minimum atomic E-state index is -0.494. The molecule has 0 spiro atoms. The predicted molar refractivity (Wildman–Crippen MR) is 60.4 cm³/mol. The summed E-state index contributed by atoms with van der Waals surface area (Å²) in [5.74, 6) is -0.494. The molecule has 0 aromatic carbocycles. The Hall–Kier alpha value is -1.33. The van der Waals surface area contributed by atoms with Crippen LogP contribution in [0.2, 0.25) is 4.34 Å². The van der Waals surface area contributed by atoms with Gasteiger partial charge < -0.3 is 10.5 Å². The molecule has 6 heteroatoms. The van der Waals surface area contributed by atoms with Gasteiger partial charge in [-0.05, 0) is 6.07 Å². The van der Waals surface area contributed by atoms with Crippen molar-refractivity contribution in [3.8, 4) is 0 Å². The first-order valence-electron chi connectivity index (χ1n) is 4.05. The van der Waals surface area contributed by atoms with E-state index in [0.29, 0.717) is 20.2 Å². The summed E-state index contributed by atoms with van der Waals surface area (Å²) in [7, 11) is 1.30. The number of halogens is 1. The molecular formula is C9H7ClN2O2S. The number of nitrogen functional groups attached to an aromatic ring is 1. The van der Waals surface area contributed by atoms with Crippen LogP contribution in [0.1, 0.15) is 10.4 Å². The van der Waals surface area contributed by atoms with E-state index in [1.807, 2.05) is 0 Å². The lowest BCUT2D eigenvalue weighted by atomic mass is 10.2. The van der Waals surface area contributed by atoms with Crippen molar-refractivity contribution in [1.82, 2.24) is 4.98 Å². The summed E-state index contributed by atoms with van der Waals surface area (Å²) in [6, 6.07) is 1.71. The van der Waals surface area contributed by atoms with Gasteiger partial charge in [0.2, 0.25) is 0 Å². The predicted octanol–water partition coefficient (Wildman–Crippen LogP) is 2.32. The Morgan fingerprint density at radius 1 is 1.67 bits per heavy atom. The maximum absolute atomic E-state index is 11.3. The monoisotopic (exact) mass is 242 g/mol. The second-order valence-corrected chi connectivity index (χ2v) is 4.53. The van der Waals surface area contributed by atoms with Crippen LogP contribution >= 0.6 is 22.9 Å². The van der Waals surface area contributed by atoms with Gasteiger partial charge in [0.15, 0.2) is 0 Å². The number of thiophene rings is 1. The highest BCUT2D eigenvalue weighted by molar-refractivity contribution is 7.23. The average molecular weight is 243 g/mol. The first kappa shape index (κ1) is 10.2. The zero-order valence-electron chi connectivity index (χ0n) is 7.78. The van der Waals surface area contributed by atoms with Crippen molar-refractivity contribution in [2.24, 2.45) is 0 Å². The van der Waals surface area contributed by atoms with Crippen LogP contribution in [-0.4, -0.2) is 18.1 Å². The van der Waals surface area contributed by atoms with E-state index in [4.69, 9.17) is 17.3 Å². The van der Waals surface area contributed by atoms with Crippen LogP contribution in [0, 0.1) is 0 Å². The molecule has 0 saturated heterocycles. The molecule has 0 atom stereocenters. The summed E-state index contributed by atoms with van der Waals surface area (Å²) in [5, 5.41) is 0. The molecule has 0 unspecified atom stereocenters. The smallest absolute Gasteiger partial charge is 0.341 e. The summed E-state index contributed by atoms with van der Waals surface area (Å²) in [6.07, 6.45) is 1.40. The highest BCUT2D eigenvalue weighted by Crippen LogP contribution is 2.33. The van der Waals surface area contributed by atoms with Crippen molar-refractivity contribution in [2.75, 3.05) is 12.8 Å². The molecule has 0 radical (unpaired) electrons. The molecule has 0 aliphatic heterocycles. The molecule has 0 amide bonds. The third-order valence-corrected chi connectivity index (χ3v) is 3.24. The number of fused-ring (bicyclic) bond motifs is 1. The van der Waals surface area contributed by atoms with Crippen molar-refractivity contribution >= 4 is 44.8 Å². The lowest BCUT2D eigenvalue weighted by molar-refractivity contribution is 0.0601. The van der Waals surface area contributed by atoms with Crippen molar-refractivity contribution in [2.45, 2.75) is 0 Å². The minimum Gasteiger partial charge on any atom is -0.465 e. The van der Waals surface area contributed by atoms with E-state index < -0.39 is 5.97 Å². The Morgan fingerprint density at radius 2 is 2.40 bits per heavy atom. The van der Waals surface area contributed by atoms with Crippen LogP contribution in [0.4, 0.5) is 5.69 Å². The van der Waals surface area contributed by atoms with Crippen molar-refractivity contribution in [3.05, 3.63) is 22.2 Å². The van der Waals surface area contributed by atoms with Crippen LogP contribution < -0.4 is 5.73 Å². The SMILES string of the molecule is COC(=O)c1cnc2cc(Cl)sc2c1N. The Bertz CT molecular complexity index is 538. The van der Waals surface area contributed by atoms with Crippen molar-refractivity contribution in [1.29, 1.82) is 0 Å². The lowest BCUT2D eigenvalue weighted by Gasteiger charge is -2.02. The summed E-state index contributed by atoms with van der Waals surface area (Å²) in [6.45, 7) is 0. The number of pyridine rings is 1. The molecule has 2 aromatic heterocycles. The number of methoxy groups -OCH3 is 1. The summed E-state index contributed by atoms with van der Waals surface area (Å²) in [4.78, 5) is 15.4. The number of nitrogens with zero attached hydrogens (tertiary/aromatic N) is 1. The van der Waals surface area contributed by atoms with Gasteiger partial charge in [0.05, 0.1) is 27.4 Å². The molecule has 2 aromatic rings. The molecule has 78 valence electrons. The van der Waals surface area contributed by atoms with E-state index in [0.717, 1.165) is 0 Å². The maximum Gasteiger partial charge on any atom is 0.341 e. The van der Waals surface area contributed by atoms with Crippen LogP contribution in [0.3, 0.4) is 0 Å². The number of rotatable bonds is 1. The number of hydrogen-bond acceptors (Lipinski definition) is 5. The standard InChI is InChI=1S/C9H7ClN2O2S/c1-14-9(13)4-3-12-5-2-6(10)15-8(5)7(4)11/h2-3H,1H3,(H2,11,12). The fourth-order valence-electron chi connectivity index (χ4n) is 1.24. The van der Waals surface area contributed by atoms with Gasteiger partial charge in [-0.1, -0.05) is 11.6 Å². The molecule has 0 bridgehead atoms. The van der Waals surface area contributed by atoms with E-state index >= 15 is 0 Å². The number of aromatic nitrogens is 1. The Kier molecular flexibility index (Phi) is 2.50. The molecule has 0 fully saturated rings. The van der Waals surface area contributed by atoms with Gasteiger partial charge in [-0.15, -0.1) is 11.3 Å². The van der Waals surface area contributed by atoms with Crippen LogP contribution in [-0.2, 0) is 4.74 Å². The van der Waals surface area contributed by atoms with Gasteiger partial charge in [-0.25, -0.2) is 4.79 Å². The average Bonchev–Trinajstić information content (AvgIpc) is 2.59. The Balaban J connectivity index is 2.69. The molecule has 2 N–H and O–H groups in total. The largest absolute Gasteiger partial charge is 0.465 e. The minimum absolute atomic E-state index is 0.267. The maximum atomic E-state index is 11.3. The quantitative estimate of drug-likeness (QED) is 0.780. The van der Waals surface area contributed by atoms with Gasteiger partial charge in [-0.3, -0.25) is 4.98 Å². The van der Waals surface area contributed by atoms with E-state index in [9.17, 15) is 4.79 Å². The fraction of sp³-hybridized carbons (Fsp3) is 0.111. The normalized spacial score (nSPS) is 10.5. The fourth-order valence-corrected chi connectivity index (χ4v) is 2.38. The Labute approximate surface area is 94.6 Å². The van der Waals surface area contributed by atoms with Crippen LogP contribution in [0.25, 0.3) is 10.2 Å². The second-order valence-electron chi connectivity index (χ2n) is 2.84. The highest BCUT2D eigenvalue weighted by Gasteiger charge is 2.15. The van der Waals surface area contributed by atoms with Crippen LogP contribution in [0.15, 0.2) is 12.3 Å². The molecular weight excluding hydrogens is 236 g/mol. The van der Waals surface area contributed by atoms with E-state index in [2.05, 4.69) is 9.72 Å². The van der Waals surface area contributed by atoms with Crippen molar-refractivity contribution in [3.63, 3.8) is 0 Å². The molecule has 2 heterocycles. The van der Waals surface area contributed by atoms with Gasteiger partial charge in [0.1, 0.15) is 5.56 Å². The molecule has 15 heavy (non-hydrogen) atoms. The van der Waals surface area contributed by atoms with Gasteiger partial charge in [0, 0.05) is 6.20 Å². The number of anilines is 1. The highest BCUT2D eigenvalue weighted by atomic mass is 35.5. The molecule has 0 aliphatic rings. The van der Waals surface area contributed by atoms with Crippen LogP contribution in [0.5, 0.6) is 0 Å². The molecule has 0 aliphatic carbocycles. The molecule has 4 nitrogen and oxygen atoms in total.